The fourth-order valence-electron chi connectivity index (χ4n) is 1.65. The Labute approximate surface area is 139 Å². The Morgan fingerprint density at radius 3 is 2.65 bits per heavy atom. The minimum atomic E-state index is 0. The molecule has 3 N–H and O–H groups in total. The summed E-state index contributed by atoms with van der Waals surface area (Å²) >= 11 is 0. The van der Waals surface area contributed by atoms with E-state index in [0.717, 1.165) is 37.6 Å². The van der Waals surface area contributed by atoms with Crippen LogP contribution < -0.4 is 10.6 Å². The second-order valence-corrected chi connectivity index (χ2v) is 4.96. The maximum Gasteiger partial charge on any atom is 0.191 e. The van der Waals surface area contributed by atoms with Gasteiger partial charge in [0.25, 0.3) is 0 Å². The van der Waals surface area contributed by atoms with Crippen LogP contribution in [0.15, 0.2) is 29.3 Å². The molecule has 0 radical (unpaired) electrons. The number of aromatic hydroxyl groups is 1. The first-order valence-electron chi connectivity index (χ1n) is 6.92. The number of halogens is 1. The zero-order chi connectivity index (χ0) is 14.1. The Bertz CT molecular complexity index is 408. The third kappa shape index (κ3) is 8.24. The summed E-state index contributed by atoms with van der Waals surface area (Å²) in [6.07, 6.45) is 0.862. The molecule has 20 heavy (non-hydrogen) atoms. The summed E-state index contributed by atoms with van der Waals surface area (Å²) in [5.74, 6) is 1.73. The van der Waals surface area contributed by atoms with Gasteiger partial charge in [0.05, 0.1) is 0 Å². The minimum absolute atomic E-state index is 0. The molecule has 1 aromatic rings. The summed E-state index contributed by atoms with van der Waals surface area (Å²) in [7, 11) is 0. The Morgan fingerprint density at radius 2 is 2.05 bits per heavy atom. The van der Waals surface area contributed by atoms with Gasteiger partial charge in [-0.15, -0.1) is 24.0 Å². The van der Waals surface area contributed by atoms with Crippen LogP contribution in [0.25, 0.3) is 0 Å². The predicted molar refractivity (Wildman–Crippen MR) is 96.0 cm³/mol. The van der Waals surface area contributed by atoms with Crippen molar-refractivity contribution in [2.75, 3.05) is 19.6 Å². The van der Waals surface area contributed by atoms with Crippen molar-refractivity contribution in [1.29, 1.82) is 0 Å². The SMILES string of the molecule is CCNC(=NCC(C)C)NCCc1cccc(O)c1.I. The maximum absolute atomic E-state index is 9.39. The van der Waals surface area contributed by atoms with E-state index in [2.05, 4.69) is 36.4 Å². The number of phenolic OH excluding ortho intramolecular Hbond substituents is 1. The maximum atomic E-state index is 9.39. The highest BCUT2D eigenvalue weighted by Crippen LogP contribution is 2.10. The van der Waals surface area contributed by atoms with Gasteiger partial charge in [0.1, 0.15) is 5.75 Å². The fourth-order valence-corrected chi connectivity index (χ4v) is 1.65. The van der Waals surface area contributed by atoms with Crippen LogP contribution in [0, 0.1) is 5.92 Å². The standard InChI is InChI=1S/C15H25N3O.HI/c1-4-16-15(18-11-12(2)3)17-9-8-13-6-5-7-14(19)10-13;/h5-7,10,12,19H,4,8-9,11H2,1-3H3,(H2,16,17,18);1H. The van der Waals surface area contributed by atoms with Crippen molar-refractivity contribution >= 4 is 29.9 Å². The van der Waals surface area contributed by atoms with Crippen molar-refractivity contribution in [1.82, 2.24) is 10.6 Å². The van der Waals surface area contributed by atoms with E-state index in [4.69, 9.17) is 0 Å². The molecule has 0 atom stereocenters. The Hall–Kier alpha value is -0.980. The highest BCUT2D eigenvalue weighted by atomic mass is 127. The normalized spacial score (nSPS) is 11.1. The summed E-state index contributed by atoms with van der Waals surface area (Å²) in [5.41, 5.74) is 1.12. The molecule has 0 aromatic heterocycles. The highest BCUT2D eigenvalue weighted by Gasteiger charge is 1.99. The first kappa shape index (κ1) is 19.0. The first-order chi connectivity index (χ1) is 9.11. The lowest BCUT2D eigenvalue weighted by molar-refractivity contribution is 0.474. The van der Waals surface area contributed by atoms with Crippen molar-refractivity contribution < 1.29 is 5.11 Å². The van der Waals surface area contributed by atoms with Crippen LogP contribution in [0.2, 0.25) is 0 Å². The summed E-state index contributed by atoms with van der Waals surface area (Å²) in [5, 5.41) is 15.9. The van der Waals surface area contributed by atoms with E-state index in [-0.39, 0.29) is 24.0 Å². The van der Waals surface area contributed by atoms with Gasteiger partial charge < -0.3 is 15.7 Å². The zero-order valence-electron chi connectivity index (χ0n) is 12.5. The van der Waals surface area contributed by atoms with Crippen LogP contribution in [-0.2, 0) is 6.42 Å². The molecule has 0 aliphatic heterocycles. The lowest BCUT2D eigenvalue weighted by Crippen LogP contribution is -2.38. The third-order valence-corrected chi connectivity index (χ3v) is 2.58. The van der Waals surface area contributed by atoms with Crippen LogP contribution >= 0.6 is 24.0 Å². The van der Waals surface area contributed by atoms with Crippen LogP contribution in [0.3, 0.4) is 0 Å². The van der Waals surface area contributed by atoms with Gasteiger partial charge in [-0.05, 0) is 37.0 Å². The smallest absolute Gasteiger partial charge is 0.191 e. The van der Waals surface area contributed by atoms with Crippen LogP contribution in [-0.4, -0.2) is 30.7 Å². The molecule has 114 valence electrons. The molecule has 1 rings (SSSR count). The average Bonchev–Trinajstić information content (AvgIpc) is 2.36. The second kappa shape index (κ2) is 10.8. The number of hydrogen-bond acceptors (Lipinski definition) is 2. The summed E-state index contributed by atoms with van der Waals surface area (Å²) < 4.78 is 0. The molecule has 4 nitrogen and oxygen atoms in total. The van der Waals surface area contributed by atoms with E-state index in [1.165, 1.54) is 0 Å². The number of nitrogens with one attached hydrogen (secondary N) is 2. The van der Waals surface area contributed by atoms with E-state index in [9.17, 15) is 5.11 Å². The molecule has 0 aliphatic carbocycles. The molecule has 0 fully saturated rings. The molecule has 0 amide bonds. The Kier molecular flexibility index (Phi) is 10.2. The van der Waals surface area contributed by atoms with E-state index < -0.39 is 0 Å². The molecule has 1 aromatic carbocycles. The highest BCUT2D eigenvalue weighted by molar-refractivity contribution is 14.0. The van der Waals surface area contributed by atoms with E-state index in [1.807, 2.05) is 12.1 Å². The van der Waals surface area contributed by atoms with Gasteiger partial charge in [-0.25, -0.2) is 0 Å². The molecule has 0 saturated carbocycles. The number of nitrogens with zero attached hydrogens (tertiary/aromatic N) is 1. The van der Waals surface area contributed by atoms with Gasteiger partial charge in [-0.1, -0.05) is 26.0 Å². The fraction of sp³-hybridized carbons (Fsp3) is 0.533. The molecule has 0 unspecified atom stereocenters. The number of guanidine groups is 1. The van der Waals surface area contributed by atoms with Gasteiger partial charge in [-0.3, -0.25) is 4.99 Å². The summed E-state index contributed by atoms with van der Waals surface area (Å²) in [6.45, 7) is 8.84. The molecule has 0 heterocycles. The lowest BCUT2D eigenvalue weighted by Gasteiger charge is -2.12. The molecule has 5 heteroatoms. The number of aliphatic imine (C=N–C) groups is 1. The van der Waals surface area contributed by atoms with Crippen LogP contribution in [0.5, 0.6) is 5.75 Å². The molecule has 0 spiro atoms. The summed E-state index contributed by atoms with van der Waals surface area (Å²) in [4.78, 5) is 4.51. The quantitative estimate of drug-likeness (QED) is 0.397. The molecular weight excluding hydrogens is 365 g/mol. The molecule has 0 saturated heterocycles. The largest absolute Gasteiger partial charge is 0.508 e. The van der Waals surface area contributed by atoms with E-state index in [1.54, 1.807) is 12.1 Å². The van der Waals surface area contributed by atoms with Gasteiger partial charge in [0.15, 0.2) is 5.96 Å². The molecule has 0 bridgehead atoms. The van der Waals surface area contributed by atoms with Gasteiger partial charge in [0.2, 0.25) is 0 Å². The van der Waals surface area contributed by atoms with Crippen molar-refractivity contribution in [2.24, 2.45) is 10.9 Å². The monoisotopic (exact) mass is 391 g/mol. The van der Waals surface area contributed by atoms with E-state index >= 15 is 0 Å². The van der Waals surface area contributed by atoms with Crippen molar-refractivity contribution in [3.63, 3.8) is 0 Å². The number of rotatable bonds is 6. The van der Waals surface area contributed by atoms with Gasteiger partial charge >= 0.3 is 0 Å². The van der Waals surface area contributed by atoms with Gasteiger partial charge in [-0.2, -0.15) is 0 Å². The Balaban J connectivity index is 0.00000361. The first-order valence-corrected chi connectivity index (χ1v) is 6.92. The molecule has 0 aliphatic rings. The topological polar surface area (TPSA) is 56.7 Å². The van der Waals surface area contributed by atoms with Crippen molar-refractivity contribution in [3.8, 4) is 5.75 Å². The number of hydrogen-bond donors (Lipinski definition) is 3. The zero-order valence-corrected chi connectivity index (χ0v) is 14.8. The molecular formula is C15H26IN3O. The van der Waals surface area contributed by atoms with E-state index in [0.29, 0.717) is 11.7 Å². The number of benzene rings is 1. The van der Waals surface area contributed by atoms with Crippen molar-refractivity contribution in [2.45, 2.75) is 27.2 Å². The van der Waals surface area contributed by atoms with Gasteiger partial charge in [0, 0.05) is 19.6 Å². The third-order valence-electron chi connectivity index (χ3n) is 2.58. The Morgan fingerprint density at radius 1 is 1.30 bits per heavy atom. The summed E-state index contributed by atoms with van der Waals surface area (Å²) in [6, 6.07) is 7.35. The van der Waals surface area contributed by atoms with Crippen LogP contribution in [0.4, 0.5) is 0 Å². The second-order valence-electron chi connectivity index (χ2n) is 4.96. The predicted octanol–water partition coefficient (Wildman–Crippen LogP) is 2.76. The number of phenols is 1. The average molecular weight is 391 g/mol. The minimum Gasteiger partial charge on any atom is -0.508 e. The lowest BCUT2D eigenvalue weighted by atomic mass is 10.1. The van der Waals surface area contributed by atoms with Crippen molar-refractivity contribution in [3.05, 3.63) is 29.8 Å². The van der Waals surface area contributed by atoms with Crippen LogP contribution in [0.1, 0.15) is 26.3 Å².